The zero-order valence-electron chi connectivity index (χ0n) is 11.8. The highest BCUT2D eigenvalue weighted by Gasteiger charge is 2.35. The van der Waals surface area contributed by atoms with E-state index in [-0.39, 0.29) is 11.4 Å². The molecule has 1 fully saturated rings. The van der Waals surface area contributed by atoms with Gasteiger partial charge in [0.2, 0.25) is 0 Å². The van der Waals surface area contributed by atoms with Gasteiger partial charge in [-0.3, -0.25) is 4.79 Å². The van der Waals surface area contributed by atoms with Gasteiger partial charge in [0.05, 0.1) is 18.8 Å². The number of nitrogens with zero attached hydrogens (tertiary/aromatic N) is 2. The van der Waals surface area contributed by atoms with Crippen LogP contribution in [0.25, 0.3) is 0 Å². The Kier molecular flexibility index (Phi) is 4.36. The lowest BCUT2D eigenvalue weighted by Crippen LogP contribution is -2.55. The summed E-state index contributed by atoms with van der Waals surface area (Å²) >= 11 is 3.46. The normalized spacial score (nSPS) is 18.6. The third kappa shape index (κ3) is 3.03. The minimum atomic E-state index is -0.247. The largest absolute Gasteiger partial charge is 0.377 e. The van der Waals surface area contributed by atoms with Crippen LogP contribution in [0, 0.1) is 0 Å². The molecule has 0 atom stereocenters. The van der Waals surface area contributed by atoms with Gasteiger partial charge in [0.15, 0.2) is 0 Å². The summed E-state index contributed by atoms with van der Waals surface area (Å²) in [5.74, 6) is 0.0902. The van der Waals surface area contributed by atoms with Crippen molar-refractivity contribution < 1.29 is 9.53 Å². The minimum absolute atomic E-state index is 0.0902. The maximum absolute atomic E-state index is 12.8. The number of hydrogen-bond acceptors (Lipinski definition) is 2. The summed E-state index contributed by atoms with van der Waals surface area (Å²) in [6.07, 6.45) is 2.98. The fourth-order valence-electron chi connectivity index (χ4n) is 2.45. The second kappa shape index (κ2) is 5.67. The van der Waals surface area contributed by atoms with E-state index in [0.29, 0.717) is 19.8 Å². The molecule has 1 aliphatic heterocycles. The van der Waals surface area contributed by atoms with Gasteiger partial charge in [0.25, 0.3) is 5.91 Å². The highest BCUT2D eigenvalue weighted by atomic mass is 79.9. The Labute approximate surface area is 122 Å². The fourth-order valence-corrected chi connectivity index (χ4v) is 2.92. The molecule has 19 heavy (non-hydrogen) atoms. The van der Waals surface area contributed by atoms with Crippen molar-refractivity contribution in [3.8, 4) is 0 Å². The van der Waals surface area contributed by atoms with E-state index in [2.05, 4.69) is 22.9 Å². The molecule has 0 saturated carbocycles. The average molecular weight is 329 g/mol. The van der Waals surface area contributed by atoms with Crippen LogP contribution < -0.4 is 0 Å². The summed E-state index contributed by atoms with van der Waals surface area (Å²) in [4.78, 5) is 14.7. The lowest BCUT2D eigenvalue weighted by molar-refractivity contribution is -0.0375. The quantitative estimate of drug-likeness (QED) is 0.855. The van der Waals surface area contributed by atoms with E-state index in [4.69, 9.17) is 4.74 Å². The monoisotopic (exact) mass is 328 g/mol. The van der Waals surface area contributed by atoms with Gasteiger partial charge in [-0.05, 0) is 42.3 Å². The third-order valence-electron chi connectivity index (χ3n) is 3.44. The summed E-state index contributed by atoms with van der Waals surface area (Å²) in [7, 11) is 0. The Bertz CT molecular complexity index is 468. The Balaban J connectivity index is 2.28. The van der Waals surface area contributed by atoms with Crippen LogP contribution in [-0.2, 0) is 11.3 Å². The molecule has 0 bridgehead atoms. The molecule has 0 aliphatic carbocycles. The molecule has 0 radical (unpaired) electrons. The van der Waals surface area contributed by atoms with Crippen molar-refractivity contribution in [3.05, 3.63) is 22.4 Å². The van der Waals surface area contributed by atoms with Crippen LogP contribution >= 0.6 is 15.9 Å². The van der Waals surface area contributed by atoms with Crippen molar-refractivity contribution >= 4 is 21.8 Å². The predicted molar refractivity (Wildman–Crippen MR) is 78.4 cm³/mol. The van der Waals surface area contributed by atoms with Crippen LogP contribution in [0.3, 0.4) is 0 Å². The van der Waals surface area contributed by atoms with Gasteiger partial charge in [-0.1, -0.05) is 6.92 Å². The molecular weight excluding hydrogens is 308 g/mol. The molecule has 1 aromatic heterocycles. The van der Waals surface area contributed by atoms with Gasteiger partial charge in [-0.2, -0.15) is 0 Å². The van der Waals surface area contributed by atoms with E-state index in [0.717, 1.165) is 23.1 Å². The van der Waals surface area contributed by atoms with Gasteiger partial charge in [0, 0.05) is 23.8 Å². The maximum Gasteiger partial charge on any atom is 0.271 e. The molecule has 0 aromatic carbocycles. The first-order valence-electron chi connectivity index (χ1n) is 6.71. The molecule has 1 amide bonds. The Morgan fingerprint density at radius 1 is 1.53 bits per heavy atom. The van der Waals surface area contributed by atoms with Crippen LogP contribution in [0.5, 0.6) is 0 Å². The number of amides is 1. The van der Waals surface area contributed by atoms with Crippen molar-refractivity contribution in [3.63, 3.8) is 0 Å². The first-order valence-corrected chi connectivity index (χ1v) is 7.50. The van der Waals surface area contributed by atoms with E-state index in [1.807, 2.05) is 35.6 Å². The second-order valence-corrected chi connectivity index (χ2v) is 6.47. The minimum Gasteiger partial charge on any atom is -0.377 e. The summed E-state index contributed by atoms with van der Waals surface area (Å²) in [6.45, 7) is 8.93. The fraction of sp³-hybridized carbons (Fsp3) is 0.643. The zero-order valence-corrected chi connectivity index (χ0v) is 13.4. The molecule has 2 rings (SSSR count). The molecule has 0 N–H and O–H groups in total. The summed E-state index contributed by atoms with van der Waals surface area (Å²) in [6, 6.07) is 1.91. The van der Waals surface area contributed by atoms with E-state index < -0.39 is 0 Å². The molecular formula is C14H21BrN2O2. The van der Waals surface area contributed by atoms with Gasteiger partial charge in [-0.15, -0.1) is 0 Å². The van der Waals surface area contributed by atoms with Gasteiger partial charge >= 0.3 is 0 Å². The number of hydrogen-bond donors (Lipinski definition) is 0. The number of carbonyl (C=O) groups is 1. The van der Waals surface area contributed by atoms with Crippen molar-refractivity contribution in [1.82, 2.24) is 9.47 Å². The molecule has 0 unspecified atom stereocenters. The average Bonchev–Trinajstić information content (AvgIpc) is 2.69. The summed E-state index contributed by atoms with van der Waals surface area (Å²) in [5, 5.41) is 0. The molecule has 106 valence electrons. The third-order valence-corrected chi connectivity index (χ3v) is 3.87. The molecule has 1 aromatic rings. The van der Waals surface area contributed by atoms with Crippen LogP contribution in [0.15, 0.2) is 16.7 Å². The molecule has 1 saturated heterocycles. The Hall–Kier alpha value is -0.810. The SMILES string of the molecule is CCCn1cc(Br)cc1C(=O)N1CCOCC1(C)C. The number of morpholine rings is 1. The van der Waals surface area contributed by atoms with E-state index >= 15 is 0 Å². The van der Waals surface area contributed by atoms with Gasteiger partial charge < -0.3 is 14.2 Å². The maximum atomic E-state index is 12.8. The van der Waals surface area contributed by atoms with Crippen molar-refractivity contribution in [1.29, 1.82) is 0 Å². The number of ether oxygens (including phenoxy) is 1. The number of aryl methyl sites for hydroxylation is 1. The number of carbonyl (C=O) groups excluding carboxylic acids is 1. The molecule has 5 heteroatoms. The van der Waals surface area contributed by atoms with Crippen LogP contribution in [-0.4, -0.2) is 40.7 Å². The number of halogens is 1. The molecule has 2 heterocycles. The van der Waals surface area contributed by atoms with Crippen molar-refractivity contribution in [2.75, 3.05) is 19.8 Å². The second-order valence-electron chi connectivity index (χ2n) is 5.56. The summed E-state index contributed by atoms with van der Waals surface area (Å²) in [5.41, 5.74) is 0.507. The van der Waals surface area contributed by atoms with Gasteiger partial charge in [-0.25, -0.2) is 0 Å². The first-order chi connectivity index (χ1) is 8.95. The zero-order chi connectivity index (χ0) is 14.0. The lowest BCUT2D eigenvalue weighted by atomic mass is 10.0. The van der Waals surface area contributed by atoms with Crippen molar-refractivity contribution in [2.45, 2.75) is 39.3 Å². The smallest absolute Gasteiger partial charge is 0.271 e. The number of rotatable bonds is 3. The molecule has 0 spiro atoms. The predicted octanol–water partition coefficient (Wildman–Crippen LogP) is 2.91. The van der Waals surface area contributed by atoms with E-state index in [1.165, 1.54) is 0 Å². The lowest BCUT2D eigenvalue weighted by Gasteiger charge is -2.42. The molecule has 1 aliphatic rings. The van der Waals surface area contributed by atoms with Crippen LogP contribution in [0.4, 0.5) is 0 Å². The highest BCUT2D eigenvalue weighted by molar-refractivity contribution is 9.10. The van der Waals surface area contributed by atoms with E-state index in [9.17, 15) is 4.79 Å². The Morgan fingerprint density at radius 3 is 2.89 bits per heavy atom. The van der Waals surface area contributed by atoms with E-state index in [1.54, 1.807) is 0 Å². The summed E-state index contributed by atoms with van der Waals surface area (Å²) < 4.78 is 8.45. The molecule has 4 nitrogen and oxygen atoms in total. The topological polar surface area (TPSA) is 34.5 Å². The van der Waals surface area contributed by atoms with Crippen LogP contribution in [0.2, 0.25) is 0 Å². The van der Waals surface area contributed by atoms with Crippen LogP contribution in [0.1, 0.15) is 37.7 Å². The van der Waals surface area contributed by atoms with Gasteiger partial charge in [0.1, 0.15) is 5.69 Å². The first kappa shape index (κ1) is 14.6. The standard InChI is InChI=1S/C14H21BrN2O2/c1-4-5-16-9-11(15)8-12(16)13(18)17-6-7-19-10-14(17,2)3/h8-9H,4-7,10H2,1-3H3. The number of aromatic nitrogens is 1. The van der Waals surface area contributed by atoms with Crippen molar-refractivity contribution in [2.24, 2.45) is 0 Å². The highest BCUT2D eigenvalue weighted by Crippen LogP contribution is 2.24. The Morgan fingerprint density at radius 2 is 2.26 bits per heavy atom.